The molecule has 0 aliphatic heterocycles. The van der Waals surface area contributed by atoms with Gasteiger partial charge in [0.25, 0.3) is 0 Å². The van der Waals surface area contributed by atoms with Crippen molar-refractivity contribution >= 4 is 0 Å². The number of hydrogen-bond donors (Lipinski definition) is 0. The summed E-state index contributed by atoms with van der Waals surface area (Å²) in [6.07, 6.45) is 12.3. The summed E-state index contributed by atoms with van der Waals surface area (Å²) >= 11 is 0. The van der Waals surface area contributed by atoms with Gasteiger partial charge >= 0.3 is 0 Å². The first-order valence-electron chi connectivity index (χ1n) is 4.78. The Morgan fingerprint density at radius 3 is 1.71 bits per heavy atom. The number of ether oxygens (including phenoxy) is 1. The molecule has 0 rings (SSSR count). The molecule has 0 aromatic rings. The molecule has 0 saturated heterocycles. The van der Waals surface area contributed by atoms with Crippen molar-refractivity contribution in [2.45, 2.75) is 19.3 Å². The van der Waals surface area contributed by atoms with Crippen LogP contribution in [-0.4, -0.2) is 7.11 Å². The number of rotatable bonds is 8. The summed E-state index contributed by atoms with van der Waals surface area (Å²) in [7, 11) is 1.65. The highest BCUT2D eigenvalue weighted by Gasteiger charge is 2.22. The average Bonchev–Trinajstić information content (AvgIpc) is 2.16. The molecule has 0 unspecified atom stereocenters. The molecule has 78 valence electrons. The van der Waals surface area contributed by atoms with Gasteiger partial charge in [-0.1, -0.05) is 18.2 Å². The first kappa shape index (κ1) is 12.8. The van der Waals surface area contributed by atoms with Gasteiger partial charge in [0.05, 0.1) is 13.4 Å². The van der Waals surface area contributed by atoms with Gasteiger partial charge in [0.2, 0.25) is 0 Å². The lowest BCUT2D eigenvalue weighted by atomic mass is 9.78. The molecule has 0 heterocycles. The van der Waals surface area contributed by atoms with Gasteiger partial charge in [-0.3, -0.25) is 0 Å². The molecule has 0 saturated carbocycles. The molecule has 0 N–H and O–H groups in total. The van der Waals surface area contributed by atoms with E-state index < -0.39 is 0 Å². The van der Waals surface area contributed by atoms with Gasteiger partial charge < -0.3 is 4.74 Å². The molecule has 1 nitrogen and oxygen atoms in total. The molecular formula is C13H20O. The van der Waals surface area contributed by atoms with Crippen molar-refractivity contribution < 1.29 is 4.74 Å². The summed E-state index contributed by atoms with van der Waals surface area (Å²) in [5, 5.41) is 0. The Hall–Kier alpha value is -1.24. The Balaban J connectivity index is 4.69. The SMILES string of the molecule is C=CCC(/C=C/OC)(CC=C)CC=C. The van der Waals surface area contributed by atoms with Crippen LogP contribution in [0.4, 0.5) is 0 Å². The highest BCUT2D eigenvalue weighted by atomic mass is 16.5. The molecule has 1 heteroatoms. The maximum atomic E-state index is 4.95. The summed E-state index contributed by atoms with van der Waals surface area (Å²) in [5.41, 5.74) is 0.0429. The van der Waals surface area contributed by atoms with E-state index in [4.69, 9.17) is 4.74 Å². The van der Waals surface area contributed by atoms with Crippen molar-refractivity contribution in [2.24, 2.45) is 5.41 Å². The van der Waals surface area contributed by atoms with E-state index >= 15 is 0 Å². The van der Waals surface area contributed by atoms with Crippen LogP contribution in [0.15, 0.2) is 50.3 Å². The Bertz CT molecular complexity index is 187. The second-order valence-corrected chi connectivity index (χ2v) is 3.38. The largest absolute Gasteiger partial charge is 0.505 e. The predicted molar refractivity (Wildman–Crippen MR) is 63.0 cm³/mol. The van der Waals surface area contributed by atoms with Crippen LogP contribution in [0.5, 0.6) is 0 Å². The zero-order valence-corrected chi connectivity index (χ0v) is 9.04. The van der Waals surface area contributed by atoms with Gasteiger partial charge in [-0.15, -0.1) is 19.7 Å². The number of methoxy groups -OCH3 is 1. The normalized spacial score (nSPS) is 11.2. The number of allylic oxidation sites excluding steroid dienone is 4. The molecule has 0 aliphatic carbocycles. The van der Waals surface area contributed by atoms with E-state index in [-0.39, 0.29) is 5.41 Å². The minimum Gasteiger partial charge on any atom is -0.505 e. The molecule has 0 fully saturated rings. The Kier molecular flexibility index (Phi) is 6.55. The topological polar surface area (TPSA) is 9.23 Å². The fourth-order valence-corrected chi connectivity index (χ4v) is 1.53. The highest BCUT2D eigenvalue weighted by molar-refractivity contribution is 5.06. The lowest BCUT2D eigenvalue weighted by Crippen LogP contribution is -2.15. The van der Waals surface area contributed by atoms with Crippen LogP contribution in [0.1, 0.15) is 19.3 Å². The van der Waals surface area contributed by atoms with E-state index in [0.717, 1.165) is 19.3 Å². The van der Waals surface area contributed by atoms with Gasteiger partial charge in [-0.2, -0.15) is 0 Å². The molecule has 0 spiro atoms. The molecule has 0 aromatic heterocycles. The summed E-state index contributed by atoms with van der Waals surface area (Å²) in [5.74, 6) is 0. The third kappa shape index (κ3) is 4.13. The Labute approximate surface area is 87.5 Å². The van der Waals surface area contributed by atoms with Crippen LogP contribution >= 0.6 is 0 Å². The van der Waals surface area contributed by atoms with Crippen LogP contribution in [0.25, 0.3) is 0 Å². The predicted octanol–water partition coefficient (Wildman–Crippen LogP) is 3.86. The van der Waals surface area contributed by atoms with Gasteiger partial charge in [0.1, 0.15) is 0 Å². The summed E-state index contributed by atoms with van der Waals surface area (Å²) in [6, 6.07) is 0. The molecule has 0 amide bonds. The molecule has 14 heavy (non-hydrogen) atoms. The van der Waals surface area contributed by atoms with Crippen molar-refractivity contribution in [3.8, 4) is 0 Å². The van der Waals surface area contributed by atoms with Crippen molar-refractivity contribution in [3.05, 3.63) is 50.3 Å². The lowest BCUT2D eigenvalue weighted by molar-refractivity contribution is 0.316. The van der Waals surface area contributed by atoms with E-state index in [2.05, 4.69) is 25.8 Å². The van der Waals surface area contributed by atoms with E-state index in [0.29, 0.717) is 0 Å². The maximum Gasteiger partial charge on any atom is 0.0790 e. The standard InChI is InChI=1S/C13H20O/c1-5-8-13(9-6-2,10-7-3)11-12-14-4/h5-7,11-12H,1-3,8-10H2,4H3/b12-11+. The third-order valence-corrected chi connectivity index (χ3v) is 2.21. The maximum absolute atomic E-state index is 4.95. The minimum absolute atomic E-state index is 0.0429. The molecule has 0 aliphatic rings. The van der Waals surface area contributed by atoms with Crippen molar-refractivity contribution in [2.75, 3.05) is 7.11 Å². The zero-order valence-electron chi connectivity index (χ0n) is 9.04. The Morgan fingerprint density at radius 2 is 1.43 bits per heavy atom. The average molecular weight is 192 g/mol. The fraction of sp³-hybridized carbons (Fsp3) is 0.385. The summed E-state index contributed by atoms with van der Waals surface area (Å²) in [6.45, 7) is 11.3. The van der Waals surface area contributed by atoms with Crippen LogP contribution in [0.3, 0.4) is 0 Å². The fourth-order valence-electron chi connectivity index (χ4n) is 1.53. The van der Waals surface area contributed by atoms with Crippen LogP contribution in [0, 0.1) is 5.41 Å². The second kappa shape index (κ2) is 7.19. The minimum atomic E-state index is 0.0429. The highest BCUT2D eigenvalue weighted by Crippen LogP contribution is 2.33. The summed E-state index contributed by atoms with van der Waals surface area (Å²) in [4.78, 5) is 0. The smallest absolute Gasteiger partial charge is 0.0790 e. The van der Waals surface area contributed by atoms with E-state index in [1.807, 2.05) is 18.2 Å². The van der Waals surface area contributed by atoms with Crippen LogP contribution < -0.4 is 0 Å². The number of hydrogen-bond acceptors (Lipinski definition) is 1. The van der Waals surface area contributed by atoms with Gasteiger partial charge in [0, 0.05) is 5.41 Å². The van der Waals surface area contributed by atoms with Crippen molar-refractivity contribution in [1.82, 2.24) is 0 Å². The molecule has 0 bridgehead atoms. The van der Waals surface area contributed by atoms with Gasteiger partial charge in [0.15, 0.2) is 0 Å². The van der Waals surface area contributed by atoms with Crippen molar-refractivity contribution in [3.63, 3.8) is 0 Å². The van der Waals surface area contributed by atoms with Gasteiger partial charge in [-0.25, -0.2) is 0 Å². The molecular weight excluding hydrogens is 172 g/mol. The molecule has 0 atom stereocenters. The second-order valence-electron chi connectivity index (χ2n) is 3.38. The summed E-state index contributed by atoms with van der Waals surface area (Å²) < 4.78 is 4.95. The molecule has 0 aromatic carbocycles. The zero-order chi connectivity index (χ0) is 10.9. The van der Waals surface area contributed by atoms with Crippen LogP contribution in [-0.2, 0) is 4.74 Å². The third-order valence-electron chi connectivity index (χ3n) is 2.21. The Morgan fingerprint density at radius 1 is 1.00 bits per heavy atom. The monoisotopic (exact) mass is 192 g/mol. The first-order chi connectivity index (χ1) is 6.74. The van der Waals surface area contributed by atoms with E-state index in [9.17, 15) is 0 Å². The lowest BCUT2D eigenvalue weighted by Gasteiger charge is -2.26. The van der Waals surface area contributed by atoms with Crippen LogP contribution in [0.2, 0.25) is 0 Å². The first-order valence-corrected chi connectivity index (χ1v) is 4.78. The van der Waals surface area contributed by atoms with E-state index in [1.54, 1.807) is 13.4 Å². The quantitative estimate of drug-likeness (QED) is 0.419. The van der Waals surface area contributed by atoms with E-state index in [1.165, 1.54) is 0 Å². The molecule has 0 radical (unpaired) electrons. The van der Waals surface area contributed by atoms with Crippen molar-refractivity contribution in [1.29, 1.82) is 0 Å². The van der Waals surface area contributed by atoms with Gasteiger partial charge in [-0.05, 0) is 25.3 Å².